The first-order valence-corrected chi connectivity index (χ1v) is 7.36. The molecular formula is C19H20N2O2. The number of carbonyl (C=O) groups excluding carboxylic acids is 1. The minimum Gasteiger partial charge on any atom is -0.365 e. The molecule has 3 rings (SSSR count). The molecule has 0 unspecified atom stereocenters. The van der Waals surface area contributed by atoms with Crippen LogP contribution >= 0.6 is 0 Å². The number of anilines is 1. The third kappa shape index (κ3) is 4.81. The van der Waals surface area contributed by atoms with E-state index in [-0.39, 0.29) is 5.91 Å². The number of rotatable bonds is 2. The second kappa shape index (κ2) is 7.94. The lowest BCUT2D eigenvalue weighted by Gasteiger charge is -2.14. The van der Waals surface area contributed by atoms with Gasteiger partial charge in [0.05, 0.1) is 11.9 Å². The number of amides is 1. The smallest absolute Gasteiger partial charge is 0.221 e. The van der Waals surface area contributed by atoms with E-state index in [1.807, 2.05) is 25.1 Å². The standard InChI is InChI=1S/C16H17NO.C3H3NO/c1-11-9-12(2)16(17-13(3)18)15(10-11)14-7-5-4-6-8-14;1-2-4-5-3-1/h4-10H,1-3H3,(H,17,18);1-3H. The molecule has 0 bridgehead atoms. The summed E-state index contributed by atoms with van der Waals surface area (Å²) in [5.41, 5.74) is 5.38. The van der Waals surface area contributed by atoms with Gasteiger partial charge in [-0.15, -0.1) is 0 Å². The highest BCUT2D eigenvalue weighted by Crippen LogP contribution is 2.32. The van der Waals surface area contributed by atoms with Gasteiger partial charge in [0.1, 0.15) is 6.26 Å². The molecule has 0 spiro atoms. The van der Waals surface area contributed by atoms with E-state index in [0.717, 1.165) is 22.4 Å². The molecule has 0 aliphatic heterocycles. The molecule has 0 saturated carbocycles. The van der Waals surface area contributed by atoms with Crippen molar-refractivity contribution in [3.05, 3.63) is 72.1 Å². The number of nitrogens with one attached hydrogen (secondary N) is 1. The fraction of sp³-hybridized carbons (Fsp3) is 0.158. The van der Waals surface area contributed by atoms with Crippen molar-refractivity contribution in [2.75, 3.05) is 5.32 Å². The van der Waals surface area contributed by atoms with Crippen molar-refractivity contribution in [1.29, 1.82) is 0 Å². The minimum atomic E-state index is -0.0425. The number of hydrogen-bond acceptors (Lipinski definition) is 3. The first-order chi connectivity index (χ1) is 11.1. The van der Waals surface area contributed by atoms with Crippen molar-refractivity contribution in [3.8, 4) is 11.1 Å². The summed E-state index contributed by atoms with van der Waals surface area (Å²) in [6, 6.07) is 16.0. The molecule has 0 atom stereocenters. The molecule has 4 heteroatoms. The van der Waals surface area contributed by atoms with Crippen LogP contribution in [0.2, 0.25) is 0 Å². The number of carbonyl (C=O) groups is 1. The second-order valence-corrected chi connectivity index (χ2v) is 5.24. The molecule has 1 aromatic heterocycles. The highest BCUT2D eigenvalue weighted by Gasteiger charge is 2.10. The molecule has 4 nitrogen and oxygen atoms in total. The van der Waals surface area contributed by atoms with E-state index in [1.165, 1.54) is 18.8 Å². The minimum absolute atomic E-state index is 0.0425. The molecule has 0 aliphatic carbocycles. The van der Waals surface area contributed by atoms with Crippen LogP contribution in [0.4, 0.5) is 5.69 Å². The average Bonchev–Trinajstić information content (AvgIpc) is 3.10. The molecule has 1 N–H and O–H groups in total. The van der Waals surface area contributed by atoms with Gasteiger partial charge >= 0.3 is 0 Å². The fourth-order valence-corrected chi connectivity index (χ4v) is 2.33. The number of hydrogen-bond donors (Lipinski definition) is 1. The third-order valence-corrected chi connectivity index (χ3v) is 3.21. The van der Waals surface area contributed by atoms with Gasteiger partial charge < -0.3 is 9.84 Å². The summed E-state index contributed by atoms with van der Waals surface area (Å²) >= 11 is 0. The van der Waals surface area contributed by atoms with E-state index in [2.05, 4.69) is 46.2 Å². The highest BCUT2D eigenvalue weighted by molar-refractivity contribution is 5.95. The van der Waals surface area contributed by atoms with Crippen molar-refractivity contribution in [3.63, 3.8) is 0 Å². The Kier molecular flexibility index (Phi) is 5.69. The van der Waals surface area contributed by atoms with Gasteiger partial charge in [0, 0.05) is 12.5 Å². The first kappa shape index (κ1) is 16.5. The van der Waals surface area contributed by atoms with Crippen LogP contribution in [0.15, 0.2) is 65.5 Å². The molecule has 2 aromatic carbocycles. The van der Waals surface area contributed by atoms with Crippen molar-refractivity contribution in [1.82, 2.24) is 5.16 Å². The summed E-state index contributed by atoms with van der Waals surface area (Å²) in [6.07, 6.45) is 3.10. The summed E-state index contributed by atoms with van der Waals surface area (Å²) in [4.78, 5) is 11.3. The lowest BCUT2D eigenvalue weighted by Crippen LogP contribution is -2.08. The Labute approximate surface area is 136 Å². The predicted octanol–water partition coefficient (Wildman–Crippen LogP) is 4.60. The summed E-state index contributed by atoms with van der Waals surface area (Å²) in [5.74, 6) is -0.0425. The van der Waals surface area contributed by atoms with Gasteiger partial charge in [0.2, 0.25) is 5.91 Å². The van der Waals surface area contributed by atoms with E-state index in [1.54, 1.807) is 12.3 Å². The van der Waals surface area contributed by atoms with E-state index < -0.39 is 0 Å². The van der Waals surface area contributed by atoms with E-state index in [9.17, 15) is 4.79 Å². The maximum absolute atomic E-state index is 11.3. The van der Waals surface area contributed by atoms with E-state index >= 15 is 0 Å². The first-order valence-electron chi connectivity index (χ1n) is 7.36. The Bertz CT molecular complexity index is 733. The molecular weight excluding hydrogens is 288 g/mol. The molecule has 1 heterocycles. The predicted molar refractivity (Wildman–Crippen MR) is 92.2 cm³/mol. The van der Waals surface area contributed by atoms with Gasteiger partial charge in [-0.1, -0.05) is 47.1 Å². The van der Waals surface area contributed by atoms with Crippen LogP contribution in [0.3, 0.4) is 0 Å². The summed E-state index contributed by atoms with van der Waals surface area (Å²) in [5, 5.41) is 6.28. The van der Waals surface area contributed by atoms with E-state index in [4.69, 9.17) is 0 Å². The largest absolute Gasteiger partial charge is 0.365 e. The van der Waals surface area contributed by atoms with Crippen LogP contribution in [0, 0.1) is 13.8 Å². The quantitative estimate of drug-likeness (QED) is 0.752. The zero-order valence-corrected chi connectivity index (χ0v) is 13.5. The van der Waals surface area contributed by atoms with Crippen molar-refractivity contribution in [2.24, 2.45) is 0 Å². The lowest BCUT2D eigenvalue weighted by molar-refractivity contribution is -0.114. The summed E-state index contributed by atoms with van der Waals surface area (Å²) in [6.45, 7) is 5.62. The van der Waals surface area contributed by atoms with Crippen LogP contribution < -0.4 is 5.32 Å². The van der Waals surface area contributed by atoms with Crippen LogP contribution in [0.1, 0.15) is 18.1 Å². The fourth-order valence-electron chi connectivity index (χ4n) is 2.33. The van der Waals surface area contributed by atoms with Gasteiger partial charge in [0.15, 0.2) is 0 Å². The zero-order chi connectivity index (χ0) is 16.7. The summed E-state index contributed by atoms with van der Waals surface area (Å²) in [7, 11) is 0. The molecule has 0 saturated heterocycles. The molecule has 1 amide bonds. The zero-order valence-electron chi connectivity index (χ0n) is 13.5. The van der Waals surface area contributed by atoms with Crippen LogP contribution in [-0.4, -0.2) is 11.1 Å². The Hall–Kier alpha value is -2.88. The third-order valence-electron chi connectivity index (χ3n) is 3.21. The van der Waals surface area contributed by atoms with Crippen molar-refractivity contribution in [2.45, 2.75) is 20.8 Å². The maximum Gasteiger partial charge on any atom is 0.221 e. The topological polar surface area (TPSA) is 55.1 Å². The normalized spacial score (nSPS) is 9.70. The van der Waals surface area contributed by atoms with Crippen LogP contribution in [0.25, 0.3) is 11.1 Å². The van der Waals surface area contributed by atoms with Crippen molar-refractivity contribution < 1.29 is 9.32 Å². The van der Waals surface area contributed by atoms with Gasteiger partial charge in [-0.25, -0.2) is 0 Å². The molecule has 0 aliphatic rings. The van der Waals surface area contributed by atoms with E-state index in [0.29, 0.717) is 0 Å². The summed E-state index contributed by atoms with van der Waals surface area (Å²) < 4.78 is 4.33. The number of aromatic nitrogens is 1. The number of aryl methyl sites for hydroxylation is 2. The molecule has 3 aromatic rings. The van der Waals surface area contributed by atoms with Crippen LogP contribution in [0.5, 0.6) is 0 Å². The van der Waals surface area contributed by atoms with Gasteiger partial charge in [-0.05, 0) is 37.1 Å². The Balaban J connectivity index is 0.000000326. The molecule has 0 fully saturated rings. The van der Waals surface area contributed by atoms with Gasteiger partial charge in [0.25, 0.3) is 0 Å². The van der Waals surface area contributed by atoms with Gasteiger partial charge in [-0.2, -0.15) is 0 Å². The van der Waals surface area contributed by atoms with Gasteiger partial charge in [-0.3, -0.25) is 4.79 Å². The lowest BCUT2D eigenvalue weighted by atomic mass is 9.98. The highest BCUT2D eigenvalue weighted by atomic mass is 16.5. The van der Waals surface area contributed by atoms with Crippen molar-refractivity contribution >= 4 is 11.6 Å². The molecule has 0 radical (unpaired) electrons. The molecule has 23 heavy (non-hydrogen) atoms. The molecule has 118 valence electrons. The number of benzene rings is 2. The number of nitrogens with zero attached hydrogens (tertiary/aromatic N) is 1. The Morgan fingerprint density at radius 2 is 1.83 bits per heavy atom. The van der Waals surface area contributed by atoms with Crippen LogP contribution in [-0.2, 0) is 4.79 Å². The SMILES string of the molecule is CC(=O)Nc1c(C)cc(C)cc1-c1ccccc1.c1cnoc1. The Morgan fingerprint density at radius 1 is 1.09 bits per heavy atom. The Morgan fingerprint density at radius 3 is 2.35 bits per heavy atom. The monoisotopic (exact) mass is 308 g/mol. The maximum atomic E-state index is 11.3. The average molecular weight is 308 g/mol. The second-order valence-electron chi connectivity index (χ2n) is 5.24.